The van der Waals surface area contributed by atoms with Crippen molar-refractivity contribution in [2.75, 3.05) is 11.9 Å². The first-order chi connectivity index (χ1) is 15.2. The number of anilines is 1. The maximum Gasteiger partial charge on any atom is 0.262 e. The molecule has 2 aromatic carbocycles. The smallest absolute Gasteiger partial charge is 0.262 e. The molecule has 2 aromatic rings. The normalized spacial score (nSPS) is 32.7. The van der Waals surface area contributed by atoms with Crippen LogP contribution in [-0.4, -0.2) is 18.1 Å². The summed E-state index contributed by atoms with van der Waals surface area (Å²) >= 11 is 0. The Balaban J connectivity index is 1.17. The van der Waals surface area contributed by atoms with Gasteiger partial charge in [-0.2, -0.15) is 0 Å². The molecule has 4 heteroatoms. The number of hydrogen-bond acceptors (Lipinski definition) is 3. The molecule has 170 valence electrons. The van der Waals surface area contributed by atoms with Gasteiger partial charge in [0.2, 0.25) is 0 Å². The topological polar surface area (TPSA) is 50.4 Å². The minimum atomic E-state index is -0.146. The Morgan fingerprint density at radius 2 is 1.72 bits per heavy atom. The SMILES string of the molecule is Cc1ccc(NC(=O)COc2cccc(CNC34CC5C[C@@](C)(C3)C[C@](C)(C5)C4)c2)cc1. The predicted molar refractivity (Wildman–Crippen MR) is 129 cm³/mol. The van der Waals surface area contributed by atoms with Gasteiger partial charge in [-0.3, -0.25) is 4.79 Å². The Kier molecular flexibility index (Phi) is 5.32. The molecule has 1 amide bonds. The fourth-order valence-electron chi connectivity index (χ4n) is 7.66. The minimum Gasteiger partial charge on any atom is -0.484 e. The molecule has 4 bridgehead atoms. The Hall–Kier alpha value is -2.33. The molecule has 4 aliphatic carbocycles. The maximum atomic E-state index is 12.3. The van der Waals surface area contributed by atoms with Crippen LogP contribution in [0.25, 0.3) is 0 Å². The standard InChI is InChI=1S/C28H36N2O2/c1-20-7-9-23(10-8-20)30-25(31)16-32-24-6-4-5-21(11-24)15-29-28-14-22-12-26(2,18-28)17-27(3,13-22)19-28/h4-11,22,29H,12-19H2,1-3H3,(H,30,31)/t22?,26-,27+,28?. The molecule has 0 aromatic heterocycles. The highest BCUT2D eigenvalue weighted by atomic mass is 16.5. The van der Waals surface area contributed by atoms with Crippen LogP contribution in [0.3, 0.4) is 0 Å². The third-order valence-electron chi connectivity index (χ3n) is 7.90. The van der Waals surface area contributed by atoms with Gasteiger partial charge in [-0.1, -0.05) is 43.7 Å². The Labute approximate surface area is 192 Å². The second kappa shape index (κ2) is 7.91. The van der Waals surface area contributed by atoms with E-state index in [1.807, 2.05) is 43.3 Å². The van der Waals surface area contributed by atoms with E-state index < -0.39 is 0 Å². The van der Waals surface area contributed by atoms with E-state index in [0.717, 1.165) is 23.9 Å². The molecule has 4 fully saturated rings. The predicted octanol–water partition coefficient (Wildman–Crippen LogP) is 5.85. The summed E-state index contributed by atoms with van der Waals surface area (Å²) in [5.41, 5.74) is 4.48. The van der Waals surface area contributed by atoms with E-state index in [2.05, 4.69) is 36.6 Å². The maximum absolute atomic E-state index is 12.3. The summed E-state index contributed by atoms with van der Waals surface area (Å²) in [6.45, 7) is 7.92. The molecule has 0 saturated heterocycles. The van der Waals surface area contributed by atoms with Crippen molar-refractivity contribution in [1.29, 1.82) is 0 Å². The second-order valence-corrected chi connectivity index (χ2v) is 11.6. The lowest BCUT2D eigenvalue weighted by Crippen LogP contribution is -2.63. The molecule has 2 unspecified atom stereocenters. The zero-order valence-electron chi connectivity index (χ0n) is 19.7. The number of carbonyl (C=O) groups is 1. The summed E-state index contributed by atoms with van der Waals surface area (Å²) in [5, 5.41) is 6.87. The van der Waals surface area contributed by atoms with Crippen molar-refractivity contribution in [2.24, 2.45) is 16.7 Å². The molecule has 4 atom stereocenters. The number of carbonyl (C=O) groups excluding carboxylic acids is 1. The van der Waals surface area contributed by atoms with Gasteiger partial charge in [-0.05, 0) is 92.0 Å². The molecule has 4 nitrogen and oxygen atoms in total. The van der Waals surface area contributed by atoms with Gasteiger partial charge >= 0.3 is 0 Å². The van der Waals surface area contributed by atoms with E-state index in [4.69, 9.17) is 4.74 Å². The van der Waals surface area contributed by atoms with E-state index in [-0.39, 0.29) is 18.1 Å². The van der Waals surface area contributed by atoms with Gasteiger partial charge < -0.3 is 15.4 Å². The lowest BCUT2D eigenvalue weighted by molar-refractivity contribution is -0.118. The van der Waals surface area contributed by atoms with Crippen LogP contribution in [0.5, 0.6) is 5.75 Å². The molecule has 0 radical (unpaired) electrons. The highest BCUT2D eigenvalue weighted by Crippen LogP contribution is 2.66. The molecule has 0 spiro atoms. The third kappa shape index (κ3) is 4.56. The largest absolute Gasteiger partial charge is 0.484 e. The third-order valence-corrected chi connectivity index (χ3v) is 7.90. The first kappa shape index (κ1) is 21.5. The molecule has 32 heavy (non-hydrogen) atoms. The van der Waals surface area contributed by atoms with Gasteiger partial charge in [0, 0.05) is 17.8 Å². The summed E-state index contributed by atoms with van der Waals surface area (Å²) in [7, 11) is 0. The Bertz CT molecular complexity index is 981. The van der Waals surface area contributed by atoms with Gasteiger partial charge in [0.1, 0.15) is 5.75 Å². The number of benzene rings is 2. The number of aryl methyl sites for hydroxylation is 1. The van der Waals surface area contributed by atoms with Crippen LogP contribution in [0, 0.1) is 23.7 Å². The molecular formula is C28H36N2O2. The molecule has 0 aliphatic heterocycles. The lowest BCUT2D eigenvalue weighted by atomic mass is 9.43. The van der Waals surface area contributed by atoms with Crippen LogP contribution in [0.4, 0.5) is 5.69 Å². The first-order valence-corrected chi connectivity index (χ1v) is 12.1. The van der Waals surface area contributed by atoms with Crippen molar-refractivity contribution in [1.82, 2.24) is 5.32 Å². The molecule has 2 N–H and O–H groups in total. The van der Waals surface area contributed by atoms with Crippen LogP contribution < -0.4 is 15.4 Å². The Morgan fingerprint density at radius 1 is 1.00 bits per heavy atom. The van der Waals surface area contributed by atoms with Crippen molar-refractivity contribution in [3.63, 3.8) is 0 Å². The van der Waals surface area contributed by atoms with E-state index in [9.17, 15) is 4.79 Å². The summed E-state index contributed by atoms with van der Waals surface area (Å²) in [6.07, 6.45) is 8.17. The quantitative estimate of drug-likeness (QED) is 0.577. The average molecular weight is 433 g/mol. The zero-order valence-corrected chi connectivity index (χ0v) is 19.7. The summed E-state index contributed by atoms with van der Waals surface area (Å²) in [6, 6.07) is 15.9. The second-order valence-electron chi connectivity index (χ2n) is 11.6. The van der Waals surface area contributed by atoms with E-state index in [0.29, 0.717) is 10.8 Å². The fourth-order valence-corrected chi connectivity index (χ4v) is 7.66. The first-order valence-electron chi connectivity index (χ1n) is 12.1. The summed E-state index contributed by atoms with van der Waals surface area (Å²) in [4.78, 5) is 12.3. The highest BCUT2D eigenvalue weighted by molar-refractivity contribution is 5.91. The van der Waals surface area contributed by atoms with Crippen molar-refractivity contribution in [2.45, 2.75) is 71.4 Å². The number of amides is 1. The van der Waals surface area contributed by atoms with Crippen LogP contribution in [0.15, 0.2) is 48.5 Å². The van der Waals surface area contributed by atoms with Crippen molar-refractivity contribution in [3.8, 4) is 5.75 Å². The van der Waals surface area contributed by atoms with E-state index >= 15 is 0 Å². The number of rotatable bonds is 7. The van der Waals surface area contributed by atoms with Gasteiger partial charge in [0.15, 0.2) is 6.61 Å². The van der Waals surface area contributed by atoms with Gasteiger partial charge in [0.25, 0.3) is 5.91 Å². The van der Waals surface area contributed by atoms with Gasteiger partial charge in [-0.25, -0.2) is 0 Å². The fraction of sp³-hybridized carbons (Fsp3) is 0.536. The van der Waals surface area contributed by atoms with Crippen molar-refractivity contribution in [3.05, 3.63) is 59.7 Å². The molecular weight excluding hydrogens is 396 g/mol. The van der Waals surface area contributed by atoms with E-state index in [1.54, 1.807) is 0 Å². The monoisotopic (exact) mass is 432 g/mol. The summed E-state index contributed by atoms with van der Waals surface area (Å²) in [5.74, 6) is 1.48. The van der Waals surface area contributed by atoms with Gasteiger partial charge in [-0.15, -0.1) is 0 Å². The van der Waals surface area contributed by atoms with Crippen molar-refractivity contribution < 1.29 is 9.53 Å². The summed E-state index contributed by atoms with van der Waals surface area (Å²) < 4.78 is 5.79. The van der Waals surface area contributed by atoms with Gasteiger partial charge in [0.05, 0.1) is 0 Å². The molecule has 0 heterocycles. The zero-order chi connectivity index (χ0) is 22.4. The molecule has 4 aliphatic rings. The lowest BCUT2D eigenvalue weighted by Gasteiger charge is -2.65. The highest BCUT2D eigenvalue weighted by Gasteiger charge is 2.59. The Morgan fingerprint density at radius 3 is 2.41 bits per heavy atom. The number of nitrogens with one attached hydrogen (secondary N) is 2. The van der Waals surface area contributed by atoms with Crippen LogP contribution >= 0.6 is 0 Å². The molecule has 6 rings (SSSR count). The van der Waals surface area contributed by atoms with E-state index in [1.165, 1.54) is 49.7 Å². The van der Waals surface area contributed by atoms with Crippen LogP contribution in [-0.2, 0) is 11.3 Å². The van der Waals surface area contributed by atoms with Crippen molar-refractivity contribution >= 4 is 11.6 Å². The average Bonchev–Trinajstić information content (AvgIpc) is 2.70. The van der Waals surface area contributed by atoms with Crippen LogP contribution in [0.1, 0.15) is 63.5 Å². The molecule has 4 saturated carbocycles. The number of ether oxygens (including phenoxy) is 1. The number of hydrogen-bond donors (Lipinski definition) is 2. The van der Waals surface area contributed by atoms with Crippen LogP contribution in [0.2, 0.25) is 0 Å². The minimum absolute atomic E-state index is 0.00703.